The molecule has 3 aromatic rings. The van der Waals surface area contributed by atoms with E-state index in [0.29, 0.717) is 30.0 Å². The number of aromatic amines is 1. The third-order valence-corrected chi connectivity index (χ3v) is 5.72. The number of benzene rings is 2. The van der Waals surface area contributed by atoms with E-state index in [4.69, 9.17) is 9.47 Å². The summed E-state index contributed by atoms with van der Waals surface area (Å²) in [6.07, 6.45) is 2.48. The SMILES string of the molecule is COc1ccc(C2C(C(C)=O)=C(O)C(=O)N2CCc2c[nH]c3ccccc23)c(OC)c1. The van der Waals surface area contributed by atoms with Crippen molar-refractivity contribution in [2.75, 3.05) is 20.8 Å². The van der Waals surface area contributed by atoms with E-state index in [1.54, 1.807) is 25.3 Å². The van der Waals surface area contributed by atoms with Crippen molar-refractivity contribution in [3.05, 3.63) is 71.1 Å². The van der Waals surface area contributed by atoms with Crippen LogP contribution in [0.5, 0.6) is 11.5 Å². The van der Waals surface area contributed by atoms with Gasteiger partial charge in [0.25, 0.3) is 5.91 Å². The number of Topliss-reactive ketones (excluding diaryl/α,β-unsaturated/α-hetero) is 1. The fourth-order valence-corrected chi connectivity index (χ4v) is 4.19. The van der Waals surface area contributed by atoms with E-state index in [1.165, 1.54) is 18.9 Å². The molecule has 7 heteroatoms. The van der Waals surface area contributed by atoms with Crippen molar-refractivity contribution in [3.8, 4) is 11.5 Å². The van der Waals surface area contributed by atoms with E-state index >= 15 is 0 Å². The molecular weight excluding hydrogens is 396 g/mol. The molecule has 0 fully saturated rings. The van der Waals surface area contributed by atoms with Crippen LogP contribution in [-0.2, 0) is 16.0 Å². The first-order chi connectivity index (χ1) is 15.0. The van der Waals surface area contributed by atoms with Gasteiger partial charge in [-0.15, -0.1) is 0 Å². The monoisotopic (exact) mass is 420 g/mol. The Morgan fingerprint density at radius 3 is 2.65 bits per heavy atom. The maximum Gasteiger partial charge on any atom is 0.290 e. The lowest BCUT2D eigenvalue weighted by Crippen LogP contribution is -2.33. The fraction of sp³-hybridized carbons (Fsp3) is 0.250. The van der Waals surface area contributed by atoms with E-state index < -0.39 is 17.7 Å². The highest BCUT2D eigenvalue weighted by Gasteiger charge is 2.43. The quantitative estimate of drug-likeness (QED) is 0.608. The number of para-hydroxylation sites is 1. The summed E-state index contributed by atoms with van der Waals surface area (Å²) < 4.78 is 10.8. The topological polar surface area (TPSA) is 91.9 Å². The molecule has 1 aliphatic rings. The third-order valence-electron chi connectivity index (χ3n) is 5.72. The number of hydrogen-bond acceptors (Lipinski definition) is 5. The van der Waals surface area contributed by atoms with Crippen LogP contribution in [0.3, 0.4) is 0 Å². The van der Waals surface area contributed by atoms with E-state index in [-0.39, 0.29) is 11.4 Å². The zero-order chi connectivity index (χ0) is 22.1. The number of carbonyl (C=O) groups is 2. The number of aromatic nitrogens is 1. The number of amides is 1. The Hall–Kier alpha value is -3.74. The first kappa shape index (κ1) is 20.5. The number of nitrogens with one attached hydrogen (secondary N) is 1. The number of aliphatic hydroxyl groups is 1. The molecule has 160 valence electrons. The molecule has 7 nitrogen and oxygen atoms in total. The molecule has 1 unspecified atom stereocenters. The molecule has 0 radical (unpaired) electrons. The van der Waals surface area contributed by atoms with Gasteiger partial charge in [0, 0.05) is 35.3 Å². The van der Waals surface area contributed by atoms with Gasteiger partial charge in [0.15, 0.2) is 11.5 Å². The van der Waals surface area contributed by atoms with Crippen LogP contribution < -0.4 is 9.47 Å². The summed E-state index contributed by atoms with van der Waals surface area (Å²) in [5.74, 6) is -0.360. The van der Waals surface area contributed by atoms with Gasteiger partial charge in [0.1, 0.15) is 11.5 Å². The van der Waals surface area contributed by atoms with Gasteiger partial charge in [-0.3, -0.25) is 9.59 Å². The maximum atomic E-state index is 12.9. The van der Waals surface area contributed by atoms with Gasteiger partial charge < -0.3 is 24.5 Å². The Bertz CT molecular complexity index is 1190. The van der Waals surface area contributed by atoms with Crippen molar-refractivity contribution < 1.29 is 24.2 Å². The average molecular weight is 420 g/mol. The van der Waals surface area contributed by atoms with Crippen LogP contribution in [0.15, 0.2) is 60.0 Å². The van der Waals surface area contributed by atoms with Crippen LogP contribution in [0.1, 0.15) is 24.1 Å². The van der Waals surface area contributed by atoms with Crippen LogP contribution in [0, 0.1) is 0 Å². The van der Waals surface area contributed by atoms with E-state index in [2.05, 4.69) is 4.98 Å². The van der Waals surface area contributed by atoms with Gasteiger partial charge in [-0.25, -0.2) is 0 Å². The number of fused-ring (bicyclic) bond motifs is 1. The van der Waals surface area contributed by atoms with Crippen molar-refractivity contribution in [2.24, 2.45) is 0 Å². The summed E-state index contributed by atoms with van der Waals surface area (Å²) in [6, 6.07) is 12.4. The zero-order valence-corrected chi connectivity index (χ0v) is 17.6. The number of hydrogen-bond donors (Lipinski definition) is 2. The van der Waals surface area contributed by atoms with Crippen LogP contribution >= 0.6 is 0 Å². The number of ether oxygens (including phenoxy) is 2. The van der Waals surface area contributed by atoms with Gasteiger partial charge >= 0.3 is 0 Å². The van der Waals surface area contributed by atoms with Crippen LogP contribution in [0.25, 0.3) is 10.9 Å². The summed E-state index contributed by atoms with van der Waals surface area (Å²) in [6.45, 7) is 1.67. The molecule has 0 aliphatic carbocycles. The van der Waals surface area contributed by atoms with Crippen molar-refractivity contribution >= 4 is 22.6 Å². The van der Waals surface area contributed by atoms with Crippen LogP contribution in [-0.4, -0.2) is 47.4 Å². The summed E-state index contributed by atoms with van der Waals surface area (Å²) >= 11 is 0. The first-order valence-corrected chi connectivity index (χ1v) is 9.98. The highest BCUT2D eigenvalue weighted by molar-refractivity contribution is 6.08. The molecule has 0 saturated heterocycles. The molecule has 2 heterocycles. The Morgan fingerprint density at radius 2 is 1.94 bits per heavy atom. The fourth-order valence-electron chi connectivity index (χ4n) is 4.19. The Labute approximate surface area is 179 Å². The minimum atomic E-state index is -0.740. The molecule has 4 rings (SSSR count). The minimum Gasteiger partial charge on any atom is -0.503 e. The van der Waals surface area contributed by atoms with Gasteiger partial charge in [0.05, 0.1) is 25.8 Å². The normalized spacial score (nSPS) is 16.3. The number of aliphatic hydroxyl groups excluding tert-OH is 1. The molecule has 31 heavy (non-hydrogen) atoms. The molecule has 2 N–H and O–H groups in total. The van der Waals surface area contributed by atoms with Gasteiger partial charge in [0.2, 0.25) is 0 Å². The lowest BCUT2D eigenvalue weighted by Gasteiger charge is -2.28. The third kappa shape index (κ3) is 3.52. The number of H-pyrrole nitrogens is 1. The summed E-state index contributed by atoms with van der Waals surface area (Å²) in [4.78, 5) is 30.1. The molecule has 1 amide bonds. The molecule has 0 saturated carbocycles. The summed E-state index contributed by atoms with van der Waals surface area (Å²) in [5.41, 5.74) is 2.76. The van der Waals surface area contributed by atoms with Crippen LogP contribution in [0.4, 0.5) is 0 Å². The van der Waals surface area contributed by atoms with E-state index in [1.807, 2.05) is 30.5 Å². The number of carbonyl (C=O) groups excluding carboxylic acids is 2. The van der Waals surface area contributed by atoms with Gasteiger partial charge in [-0.1, -0.05) is 18.2 Å². The largest absolute Gasteiger partial charge is 0.503 e. The standard InChI is InChI=1S/C24H24N2O5/c1-14(27)21-22(18-9-8-16(30-2)12-20(18)31-3)26(24(29)23(21)28)11-10-15-13-25-19-7-5-4-6-17(15)19/h4-9,12-13,22,25,28H,10-11H2,1-3H3. The number of methoxy groups -OCH3 is 2. The van der Waals surface area contributed by atoms with Crippen molar-refractivity contribution in [3.63, 3.8) is 0 Å². The molecule has 1 aliphatic heterocycles. The second-order valence-corrected chi connectivity index (χ2v) is 7.44. The predicted molar refractivity (Wildman–Crippen MR) is 116 cm³/mol. The van der Waals surface area contributed by atoms with Crippen molar-refractivity contribution in [1.82, 2.24) is 9.88 Å². The molecule has 0 spiro atoms. The molecular formula is C24H24N2O5. The Kier molecular flexibility index (Phi) is 5.42. The Morgan fingerprint density at radius 1 is 1.16 bits per heavy atom. The van der Waals surface area contributed by atoms with E-state index in [9.17, 15) is 14.7 Å². The summed E-state index contributed by atoms with van der Waals surface area (Å²) in [5, 5.41) is 11.6. The second kappa shape index (κ2) is 8.18. The van der Waals surface area contributed by atoms with Crippen molar-refractivity contribution in [2.45, 2.75) is 19.4 Å². The highest BCUT2D eigenvalue weighted by atomic mass is 16.5. The average Bonchev–Trinajstić information content (AvgIpc) is 3.30. The second-order valence-electron chi connectivity index (χ2n) is 7.44. The smallest absolute Gasteiger partial charge is 0.290 e. The predicted octanol–water partition coefficient (Wildman–Crippen LogP) is 3.71. The molecule has 1 atom stereocenters. The lowest BCUT2D eigenvalue weighted by molar-refractivity contribution is -0.129. The molecule has 1 aromatic heterocycles. The van der Waals surface area contributed by atoms with Crippen molar-refractivity contribution in [1.29, 1.82) is 0 Å². The lowest BCUT2D eigenvalue weighted by atomic mass is 9.95. The number of nitrogens with zero attached hydrogens (tertiary/aromatic N) is 1. The zero-order valence-electron chi connectivity index (χ0n) is 17.6. The molecule has 2 aromatic carbocycles. The Balaban J connectivity index is 1.72. The maximum absolute atomic E-state index is 12.9. The van der Waals surface area contributed by atoms with Crippen LogP contribution in [0.2, 0.25) is 0 Å². The minimum absolute atomic E-state index is 0.0763. The number of ketones is 1. The van der Waals surface area contributed by atoms with E-state index in [0.717, 1.165) is 16.5 Å². The van der Waals surface area contributed by atoms with Gasteiger partial charge in [-0.2, -0.15) is 0 Å². The molecule has 0 bridgehead atoms. The highest BCUT2D eigenvalue weighted by Crippen LogP contribution is 2.42. The summed E-state index contributed by atoms with van der Waals surface area (Å²) in [7, 11) is 3.07. The van der Waals surface area contributed by atoms with Gasteiger partial charge in [-0.05, 0) is 37.1 Å². The first-order valence-electron chi connectivity index (χ1n) is 9.98. The number of rotatable bonds is 7.